The van der Waals surface area contributed by atoms with E-state index in [9.17, 15) is 8.78 Å². The Kier molecular flexibility index (Phi) is 4.63. The smallest absolute Gasteiger partial charge is 0.170 e. The lowest BCUT2D eigenvalue weighted by atomic mass is 9.98. The van der Waals surface area contributed by atoms with Gasteiger partial charge in [0.2, 0.25) is 0 Å². The maximum absolute atomic E-state index is 14.4. The van der Waals surface area contributed by atoms with E-state index in [1.54, 1.807) is 18.2 Å². The number of rotatable bonds is 5. The number of benzene rings is 1. The Morgan fingerprint density at radius 3 is 2.70 bits per heavy atom. The van der Waals surface area contributed by atoms with Gasteiger partial charge in [-0.3, -0.25) is 4.98 Å². The molecule has 0 saturated heterocycles. The van der Waals surface area contributed by atoms with Gasteiger partial charge in [-0.2, -0.15) is 0 Å². The number of halogens is 2. The Morgan fingerprint density at radius 1 is 1.25 bits per heavy atom. The standard InChI is InChI=1S/C15H16F2N2O/c1-3-19-15(10-7-8-18-9-12(10)16)11-5-4-6-13(20-2)14(11)17/h4-9,15,19H,3H2,1-2H3. The van der Waals surface area contributed by atoms with Crippen LogP contribution >= 0.6 is 0 Å². The zero-order valence-corrected chi connectivity index (χ0v) is 11.4. The fraction of sp³-hybridized carbons (Fsp3) is 0.267. The van der Waals surface area contributed by atoms with Crippen molar-refractivity contribution in [2.45, 2.75) is 13.0 Å². The fourth-order valence-corrected chi connectivity index (χ4v) is 2.12. The first kappa shape index (κ1) is 14.4. The lowest BCUT2D eigenvalue weighted by molar-refractivity contribution is 0.381. The Morgan fingerprint density at radius 2 is 2.05 bits per heavy atom. The second-order valence-corrected chi connectivity index (χ2v) is 4.25. The predicted octanol–water partition coefficient (Wildman–Crippen LogP) is 3.07. The summed E-state index contributed by atoms with van der Waals surface area (Å²) in [5, 5.41) is 3.08. The van der Waals surface area contributed by atoms with Crippen LogP contribution in [0.2, 0.25) is 0 Å². The number of methoxy groups -OCH3 is 1. The summed E-state index contributed by atoms with van der Waals surface area (Å²) < 4.78 is 33.2. The van der Waals surface area contributed by atoms with Crippen LogP contribution in [-0.4, -0.2) is 18.6 Å². The Hall–Kier alpha value is -2.01. The van der Waals surface area contributed by atoms with Crippen molar-refractivity contribution in [2.24, 2.45) is 0 Å². The van der Waals surface area contributed by atoms with Gasteiger partial charge in [0, 0.05) is 17.3 Å². The summed E-state index contributed by atoms with van der Waals surface area (Å²) in [5.41, 5.74) is 0.699. The molecule has 0 amide bonds. The monoisotopic (exact) mass is 278 g/mol. The molecule has 0 aliphatic rings. The molecule has 0 saturated carbocycles. The molecule has 2 rings (SSSR count). The molecule has 20 heavy (non-hydrogen) atoms. The van der Waals surface area contributed by atoms with Crippen molar-refractivity contribution in [3.63, 3.8) is 0 Å². The van der Waals surface area contributed by atoms with Gasteiger partial charge in [0.1, 0.15) is 5.82 Å². The minimum atomic E-state index is -0.585. The molecule has 1 heterocycles. The van der Waals surface area contributed by atoms with Crippen molar-refractivity contribution in [1.29, 1.82) is 0 Å². The largest absolute Gasteiger partial charge is 0.494 e. The molecule has 0 fully saturated rings. The number of hydrogen-bond acceptors (Lipinski definition) is 3. The number of aromatic nitrogens is 1. The summed E-state index contributed by atoms with van der Waals surface area (Å²) in [6.45, 7) is 2.45. The minimum absolute atomic E-state index is 0.139. The van der Waals surface area contributed by atoms with E-state index in [1.807, 2.05) is 6.92 Å². The lowest BCUT2D eigenvalue weighted by Crippen LogP contribution is -2.24. The third-order valence-electron chi connectivity index (χ3n) is 3.05. The van der Waals surface area contributed by atoms with Crippen LogP contribution in [0.1, 0.15) is 24.1 Å². The number of nitrogens with zero attached hydrogens (tertiary/aromatic N) is 1. The molecule has 2 aromatic rings. The van der Waals surface area contributed by atoms with Crippen LogP contribution in [0, 0.1) is 11.6 Å². The average Bonchev–Trinajstić information content (AvgIpc) is 2.46. The summed E-state index contributed by atoms with van der Waals surface area (Å²) >= 11 is 0. The van der Waals surface area contributed by atoms with E-state index in [4.69, 9.17) is 4.74 Å². The molecule has 1 aromatic heterocycles. The number of pyridine rings is 1. The van der Waals surface area contributed by atoms with E-state index in [1.165, 1.54) is 19.4 Å². The van der Waals surface area contributed by atoms with Crippen LogP contribution in [0.3, 0.4) is 0 Å². The minimum Gasteiger partial charge on any atom is -0.494 e. The van der Waals surface area contributed by atoms with Crippen molar-refractivity contribution < 1.29 is 13.5 Å². The lowest BCUT2D eigenvalue weighted by Gasteiger charge is -2.20. The molecule has 0 spiro atoms. The summed E-state index contributed by atoms with van der Waals surface area (Å²) in [6, 6.07) is 5.79. The average molecular weight is 278 g/mol. The first-order valence-electron chi connectivity index (χ1n) is 6.34. The van der Waals surface area contributed by atoms with E-state index in [2.05, 4.69) is 10.3 Å². The molecule has 0 aliphatic carbocycles. The van der Waals surface area contributed by atoms with Gasteiger partial charge < -0.3 is 10.1 Å². The van der Waals surface area contributed by atoms with Gasteiger partial charge in [0.05, 0.1) is 19.3 Å². The summed E-state index contributed by atoms with van der Waals surface area (Å²) in [7, 11) is 1.40. The molecular formula is C15H16F2N2O. The molecule has 1 aromatic carbocycles. The molecule has 106 valence electrons. The summed E-state index contributed by atoms with van der Waals surface area (Å²) in [6.07, 6.45) is 2.61. The first-order chi connectivity index (χ1) is 9.69. The molecule has 0 radical (unpaired) electrons. The van der Waals surface area contributed by atoms with Crippen molar-refractivity contribution in [3.8, 4) is 5.75 Å². The highest BCUT2D eigenvalue weighted by atomic mass is 19.1. The number of hydrogen-bond donors (Lipinski definition) is 1. The van der Waals surface area contributed by atoms with Crippen LogP contribution < -0.4 is 10.1 Å². The van der Waals surface area contributed by atoms with Gasteiger partial charge in [0.15, 0.2) is 11.6 Å². The highest BCUT2D eigenvalue weighted by Gasteiger charge is 2.22. The second-order valence-electron chi connectivity index (χ2n) is 4.25. The number of ether oxygens (including phenoxy) is 1. The third-order valence-corrected chi connectivity index (χ3v) is 3.05. The molecule has 0 bridgehead atoms. The second kappa shape index (κ2) is 6.43. The van der Waals surface area contributed by atoms with E-state index in [0.717, 1.165) is 6.20 Å². The molecule has 0 aliphatic heterocycles. The van der Waals surface area contributed by atoms with Crippen molar-refractivity contribution in [2.75, 3.05) is 13.7 Å². The Bertz CT molecular complexity index is 590. The van der Waals surface area contributed by atoms with Crippen LogP contribution in [0.4, 0.5) is 8.78 Å². The summed E-state index contributed by atoms with van der Waals surface area (Å²) in [4.78, 5) is 3.72. The van der Waals surface area contributed by atoms with Crippen molar-refractivity contribution >= 4 is 0 Å². The molecule has 1 N–H and O–H groups in total. The van der Waals surface area contributed by atoms with Gasteiger partial charge in [-0.15, -0.1) is 0 Å². The van der Waals surface area contributed by atoms with Crippen molar-refractivity contribution in [3.05, 3.63) is 59.4 Å². The topological polar surface area (TPSA) is 34.2 Å². The fourth-order valence-electron chi connectivity index (χ4n) is 2.12. The van der Waals surface area contributed by atoms with Gasteiger partial charge in [-0.05, 0) is 18.7 Å². The van der Waals surface area contributed by atoms with E-state index >= 15 is 0 Å². The van der Waals surface area contributed by atoms with Crippen LogP contribution in [-0.2, 0) is 0 Å². The molecule has 1 unspecified atom stereocenters. The SMILES string of the molecule is CCNC(c1ccncc1F)c1cccc(OC)c1F. The van der Waals surface area contributed by atoms with Gasteiger partial charge >= 0.3 is 0 Å². The Labute approximate surface area is 116 Å². The zero-order valence-electron chi connectivity index (χ0n) is 11.4. The molecule has 3 nitrogen and oxygen atoms in total. The van der Waals surface area contributed by atoms with Crippen molar-refractivity contribution in [1.82, 2.24) is 10.3 Å². The van der Waals surface area contributed by atoms with Gasteiger partial charge in [-0.25, -0.2) is 8.78 Å². The van der Waals surface area contributed by atoms with Crippen LogP contribution in [0.5, 0.6) is 5.75 Å². The zero-order chi connectivity index (χ0) is 14.5. The normalized spacial score (nSPS) is 12.2. The number of nitrogens with one attached hydrogen (secondary N) is 1. The van der Waals surface area contributed by atoms with E-state index in [0.29, 0.717) is 17.7 Å². The summed E-state index contributed by atoms with van der Waals surface area (Å²) in [5.74, 6) is -0.822. The highest BCUT2D eigenvalue weighted by molar-refractivity contribution is 5.38. The quantitative estimate of drug-likeness (QED) is 0.912. The van der Waals surface area contributed by atoms with E-state index < -0.39 is 17.7 Å². The highest BCUT2D eigenvalue weighted by Crippen LogP contribution is 2.30. The maximum atomic E-state index is 14.4. The van der Waals surface area contributed by atoms with Crippen LogP contribution in [0.15, 0.2) is 36.7 Å². The van der Waals surface area contributed by atoms with Gasteiger partial charge in [0.25, 0.3) is 0 Å². The molecule has 1 atom stereocenters. The molecular weight excluding hydrogens is 262 g/mol. The molecule has 5 heteroatoms. The van der Waals surface area contributed by atoms with Gasteiger partial charge in [-0.1, -0.05) is 19.1 Å². The first-order valence-corrected chi connectivity index (χ1v) is 6.34. The third kappa shape index (κ3) is 2.77. The van der Waals surface area contributed by atoms with Crippen LogP contribution in [0.25, 0.3) is 0 Å². The Balaban J connectivity index is 2.52. The maximum Gasteiger partial charge on any atom is 0.170 e. The predicted molar refractivity (Wildman–Crippen MR) is 72.7 cm³/mol. The van der Waals surface area contributed by atoms with E-state index in [-0.39, 0.29) is 5.75 Å².